The van der Waals surface area contributed by atoms with Gasteiger partial charge in [0, 0.05) is 30.5 Å². The third kappa shape index (κ3) is 2.11. The minimum Gasteiger partial charge on any atom is -0.345 e. The molecule has 0 bridgehead atoms. The van der Waals surface area contributed by atoms with Crippen LogP contribution in [0.25, 0.3) is 0 Å². The van der Waals surface area contributed by atoms with Crippen LogP contribution >= 0.6 is 23.1 Å². The molecule has 0 N–H and O–H groups in total. The van der Waals surface area contributed by atoms with Crippen LogP contribution in [0, 0.1) is 0 Å². The van der Waals surface area contributed by atoms with E-state index in [1.165, 1.54) is 30.8 Å². The van der Waals surface area contributed by atoms with Crippen molar-refractivity contribution in [2.75, 3.05) is 18.0 Å². The highest BCUT2D eigenvalue weighted by molar-refractivity contribution is 7.09. The van der Waals surface area contributed by atoms with E-state index in [0.29, 0.717) is 5.92 Å². The van der Waals surface area contributed by atoms with Crippen LogP contribution < -0.4 is 4.90 Å². The van der Waals surface area contributed by atoms with E-state index in [-0.39, 0.29) is 5.38 Å². The predicted octanol–water partition coefficient (Wildman–Crippen LogP) is 2.62. The molecule has 2 aliphatic rings. The Kier molecular flexibility index (Phi) is 2.56. The van der Waals surface area contributed by atoms with E-state index in [1.54, 1.807) is 0 Å². The Labute approximate surface area is 98.6 Å². The van der Waals surface area contributed by atoms with Gasteiger partial charge in [-0.2, -0.15) is 4.37 Å². The first kappa shape index (κ1) is 9.85. The van der Waals surface area contributed by atoms with Gasteiger partial charge < -0.3 is 4.90 Å². The average molecular weight is 244 g/mol. The lowest BCUT2D eigenvalue weighted by molar-refractivity contribution is 0.583. The lowest BCUT2D eigenvalue weighted by Crippen LogP contribution is -2.35. The van der Waals surface area contributed by atoms with E-state index in [1.807, 2.05) is 0 Å². The van der Waals surface area contributed by atoms with Gasteiger partial charge in [-0.05, 0) is 25.7 Å². The molecular formula is C10H14ClN3S. The molecule has 0 spiro atoms. The van der Waals surface area contributed by atoms with Crippen LogP contribution in [0.5, 0.6) is 0 Å². The van der Waals surface area contributed by atoms with Crippen molar-refractivity contribution in [3.8, 4) is 0 Å². The first-order chi connectivity index (χ1) is 7.33. The third-order valence-electron chi connectivity index (χ3n) is 3.01. The van der Waals surface area contributed by atoms with Gasteiger partial charge in [-0.15, -0.1) is 11.6 Å². The zero-order chi connectivity index (χ0) is 10.3. The largest absolute Gasteiger partial charge is 0.345 e. The molecule has 1 aliphatic carbocycles. The molecule has 1 aromatic heterocycles. The van der Waals surface area contributed by atoms with Crippen LogP contribution in [0.3, 0.4) is 0 Å². The lowest BCUT2D eigenvalue weighted by atomic mass is 10.1. The molecule has 3 rings (SSSR count). The zero-order valence-corrected chi connectivity index (χ0v) is 10.1. The summed E-state index contributed by atoms with van der Waals surface area (Å²) in [5.41, 5.74) is 0. The number of aromatic nitrogens is 2. The molecule has 1 unspecified atom stereocenters. The summed E-state index contributed by atoms with van der Waals surface area (Å²) >= 11 is 7.69. The Morgan fingerprint density at radius 3 is 2.93 bits per heavy atom. The summed E-state index contributed by atoms with van der Waals surface area (Å²) in [7, 11) is 0. The Morgan fingerprint density at radius 2 is 2.20 bits per heavy atom. The summed E-state index contributed by atoms with van der Waals surface area (Å²) < 4.78 is 4.42. The number of hydrogen-bond donors (Lipinski definition) is 0. The molecule has 0 amide bonds. The van der Waals surface area contributed by atoms with Crippen LogP contribution in [0.1, 0.15) is 37.4 Å². The Balaban J connectivity index is 1.73. The topological polar surface area (TPSA) is 29.0 Å². The molecule has 15 heavy (non-hydrogen) atoms. The lowest BCUT2D eigenvalue weighted by Gasteiger charge is -2.28. The third-order valence-corrected chi connectivity index (χ3v) is 4.16. The second-order valence-corrected chi connectivity index (χ2v) is 5.74. The molecule has 82 valence electrons. The van der Waals surface area contributed by atoms with Crippen LogP contribution in [0.4, 0.5) is 5.13 Å². The summed E-state index contributed by atoms with van der Waals surface area (Å²) in [5, 5.41) is 1.36. The molecule has 1 saturated heterocycles. The smallest absolute Gasteiger partial charge is 0.205 e. The number of piperidine rings is 1. The quantitative estimate of drug-likeness (QED) is 0.748. The first-order valence-electron chi connectivity index (χ1n) is 5.55. The van der Waals surface area contributed by atoms with E-state index in [0.717, 1.165) is 30.5 Å². The fourth-order valence-corrected chi connectivity index (χ4v) is 3.06. The highest BCUT2D eigenvalue weighted by Crippen LogP contribution is 2.40. The van der Waals surface area contributed by atoms with Crippen molar-refractivity contribution < 1.29 is 0 Å². The number of hydrogen-bond acceptors (Lipinski definition) is 4. The minimum absolute atomic E-state index is 0.284. The van der Waals surface area contributed by atoms with E-state index >= 15 is 0 Å². The maximum absolute atomic E-state index is 6.16. The van der Waals surface area contributed by atoms with Crippen LogP contribution in [-0.2, 0) is 0 Å². The van der Waals surface area contributed by atoms with E-state index in [4.69, 9.17) is 11.6 Å². The van der Waals surface area contributed by atoms with Gasteiger partial charge in [-0.3, -0.25) is 0 Å². The number of halogens is 1. The van der Waals surface area contributed by atoms with Gasteiger partial charge in [0.15, 0.2) is 0 Å². The fraction of sp³-hybridized carbons (Fsp3) is 0.800. The SMILES string of the molecule is ClC1CCCN(c2nc(C3CC3)ns2)C1. The Hall–Kier alpha value is -0.350. The number of anilines is 1. The van der Waals surface area contributed by atoms with E-state index < -0.39 is 0 Å². The zero-order valence-electron chi connectivity index (χ0n) is 8.53. The second-order valence-electron chi connectivity index (χ2n) is 4.39. The number of alkyl halides is 1. The van der Waals surface area contributed by atoms with Gasteiger partial charge in [-0.1, -0.05) is 0 Å². The predicted molar refractivity (Wildman–Crippen MR) is 63.0 cm³/mol. The highest BCUT2D eigenvalue weighted by Gasteiger charge is 2.29. The normalized spacial score (nSPS) is 27.0. The van der Waals surface area contributed by atoms with Gasteiger partial charge in [0.1, 0.15) is 5.82 Å². The molecule has 3 nitrogen and oxygen atoms in total. The Bertz CT molecular complexity index is 350. The molecule has 2 heterocycles. The molecule has 1 atom stereocenters. The standard InChI is InChI=1S/C10H14ClN3S/c11-8-2-1-5-14(6-8)10-12-9(13-15-10)7-3-4-7/h7-8H,1-6H2. The molecule has 0 radical (unpaired) electrons. The number of nitrogens with zero attached hydrogens (tertiary/aromatic N) is 3. The van der Waals surface area contributed by atoms with E-state index in [2.05, 4.69) is 14.3 Å². The summed E-state index contributed by atoms with van der Waals surface area (Å²) in [5.74, 6) is 1.72. The van der Waals surface area contributed by atoms with Crippen molar-refractivity contribution in [1.29, 1.82) is 0 Å². The summed E-state index contributed by atoms with van der Waals surface area (Å²) in [6.45, 7) is 2.02. The maximum Gasteiger partial charge on any atom is 0.205 e. The van der Waals surface area contributed by atoms with E-state index in [9.17, 15) is 0 Å². The van der Waals surface area contributed by atoms with Crippen molar-refractivity contribution in [2.45, 2.75) is 37.0 Å². The summed E-state index contributed by atoms with van der Waals surface area (Å²) in [6.07, 6.45) is 4.85. The van der Waals surface area contributed by atoms with Crippen molar-refractivity contribution in [1.82, 2.24) is 9.36 Å². The van der Waals surface area contributed by atoms with Gasteiger partial charge in [0.05, 0.1) is 5.38 Å². The van der Waals surface area contributed by atoms with Gasteiger partial charge in [0.2, 0.25) is 5.13 Å². The van der Waals surface area contributed by atoms with Crippen LogP contribution in [0.15, 0.2) is 0 Å². The first-order valence-corrected chi connectivity index (χ1v) is 6.76. The Morgan fingerprint density at radius 1 is 1.33 bits per heavy atom. The molecular weight excluding hydrogens is 230 g/mol. The molecule has 0 aromatic carbocycles. The summed E-state index contributed by atoms with van der Waals surface area (Å²) in [4.78, 5) is 6.89. The molecule has 1 aliphatic heterocycles. The van der Waals surface area contributed by atoms with Crippen molar-refractivity contribution in [3.05, 3.63) is 5.82 Å². The summed E-state index contributed by atoms with van der Waals surface area (Å²) in [6, 6.07) is 0. The van der Waals surface area contributed by atoms with Crippen molar-refractivity contribution >= 4 is 28.3 Å². The van der Waals surface area contributed by atoms with Crippen LogP contribution in [-0.4, -0.2) is 27.8 Å². The van der Waals surface area contributed by atoms with Gasteiger partial charge in [-0.25, -0.2) is 4.98 Å². The minimum atomic E-state index is 0.284. The number of rotatable bonds is 2. The van der Waals surface area contributed by atoms with Crippen molar-refractivity contribution in [2.24, 2.45) is 0 Å². The van der Waals surface area contributed by atoms with Crippen LogP contribution in [0.2, 0.25) is 0 Å². The van der Waals surface area contributed by atoms with Crippen molar-refractivity contribution in [3.63, 3.8) is 0 Å². The maximum atomic E-state index is 6.16. The highest BCUT2D eigenvalue weighted by atomic mass is 35.5. The monoisotopic (exact) mass is 243 g/mol. The fourth-order valence-electron chi connectivity index (χ4n) is 1.96. The average Bonchev–Trinajstić information content (AvgIpc) is 2.97. The molecule has 5 heteroatoms. The van der Waals surface area contributed by atoms with Gasteiger partial charge in [0.25, 0.3) is 0 Å². The molecule has 1 aromatic rings. The molecule has 2 fully saturated rings. The second kappa shape index (κ2) is 3.91. The molecule has 1 saturated carbocycles. The van der Waals surface area contributed by atoms with Gasteiger partial charge >= 0.3 is 0 Å².